The van der Waals surface area contributed by atoms with Crippen LogP contribution < -0.4 is 16.1 Å². The predicted molar refractivity (Wildman–Crippen MR) is 212 cm³/mol. The molecule has 2 aromatic heterocycles. The van der Waals surface area contributed by atoms with Crippen molar-refractivity contribution in [2.24, 2.45) is 17.3 Å². The molecule has 5 aliphatic rings. The Morgan fingerprint density at radius 2 is 1.65 bits per heavy atom. The summed E-state index contributed by atoms with van der Waals surface area (Å²) in [5.74, 6) is -0.712. The number of hydrogen-bond acceptors (Lipinski definition) is 18. The lowest BCUT2D eigenvalue weighted by Crippen LogP contribution is -2.65. The molecule has 0 radical (unpaired) electrons. The molecule has 2 bridgehead atoms. The van der Waals surface area contributed by atoms with Crippen molar-refractivity contribution >= 4 is 82.4 Å². The highest BCUT2D eigenvalue weighted by Crippen LogP contribution is 2.66. The number of ketones is 1. The van der Waals surface area contributed by atoms with Gasteiger partial charge >= 0.3 is 20.2 Å². The summed E-state index contributed by atoms with van der Waals surface area (Å²) in [6, 6.07) is 6.35. The van der Waals surface area contributed by atoms with E-state index in [1.165, 1.54) is 53.8 Å². The molecule has 3 saturated carbocycles. The number of aromatic hydroxyl groups is 2. The quantitative estimate of drug-likeness (QED) is 0.0743. The Kier molecular flexibility index (Phi) is 10.9. The SMILES string of the molecule is CC(=O)c1c(O)ccc(C[C@H](Sc2nnc(N)s2)B2OC3CC4CC(C4(C)C)[C@]3(C)O2)c1C.Nc1nnc(S[C@H]2Cc3ccc(O)c(C(=O)O)c3OB2O)s1. The maximum absolute atomic E-state index is 12.1. The lowest BCUT2D eigenvalue weighted by Gasteiger charge is -2.64. The molecular weight excluding hydrogens is 786 g/mol. The topological polar surface area (TPSA) is 246 Å². The number of aromatic nitrogens is 4. The molecule has 4 aromatic rings. The van der Waals surface area contributed by atoms with Crippen molar-refractivity contribution < 1.29 is 43.9 Å². The van der Waals surface area contributed by atoms with Crippen LogP contribution in [0.1, 0.15) is 77.9 Å². The predicted octanol–water partition coefficient (Wildman–Crippen LogP) is 4.95. The zero-order valence-electron chi connectivity index (χ0n) is 30.6. The summed E-state index contributed by atoms with van der Waals surface area (Å²) in [6.45, 7) is 10.3. The highest BCUT2D eigenvalue weighted by molar-refractivity contribution is 8.03. The molecule has 3 aliphatic carbocycles. The third kappa shape index (κ3) is 7.51. The number of nitrogens with zero attached hydrogens (tertiary/aromatic N) is 4. The molecule has 290 valence electrons. The summed E-state index contributed by atoms with van der Waals surface area (Å²) in [5, 5.41) is 55.1. The normalized spacial score (nSPS) is 25.1. The number of thioether (sulfide) groups is 2. The molecule has 0 spiro atoms. The van der Waals surface area contributed by atoms with Gasteiger partial charge in [-0.2, -0.15) is 0 Å². The molecule has 4 heterocycles. The van der Waals surface area contributed by atoms with Crippen LogP contribution in [0.15, 0.2) is 32.9 Å². The zero-order chi connectivity index (χ0) is 39.6. The van der Waals surface area contributed by atoms with E-state index in [0.29, 0.717) is 50.4 Å². The number of carboxylic acids is 1. The minimum Gasteiger partial charge on any atom is -0.534 e. The number of anilines is 2. The number of hydrogen-bond donors (Lipinski definition) is 6. The van der Waals surface area contributed by atoms with Crippen molar-refractivity contribution in [3.05, 3.63) is 52.1 Å². The molecule has 3 unspecified atom stereocenters. The van der Waals surface area contributed by atoms with Crippen LogP contribution in [0.5, 0.6) is 17.2 Å². The average Bonchev–Trinajstić information content (AvgIpc) is 3.82. The number of phenols is 2. The van der Waals surface area contributed by atoms with Crippen molar-refractivity contribution in [1.82, 2.24) is 20.4 Å². The first kappa shape index (κ1) is 39.6. The van der Waals surface area contributed by atoms with Gasteiger partial charge in [-0.1, -0.05) is 72.2 Å². The second kappa shape index (κ2) is 15.1. The van der Waals surface area contributed by atoms with Crippen molar-refractivity contribution in [2.45, 2.75) is 91.0 Å². The molecule has 2 aliphatic heterocycles. The van der Waals surface area contributed by atoms with Crippen LogP contribution in [0.4, 0.5) is 10.3 Å². The molecular formula is C34H40B2N6O9S4. The van der Waals surface area contributed by atoms with E-state index in [1.54, 1.807) is 23.9 Å². The van der Waals surface area contributed by atoms with E-state index in [-0.39, 0.29) is 50.3 Å². The van der Waals surface area contributed by atoms with Gasteiger partial charge in [0, 0.05) is 0 Å². The molecule has 0 amide bonds. The number of phenolic OH excluding ortho intramolecular Hbond substituents is 1. The van der Waals surface area contributed by atoms with Crippen LogP contribution in [0.25, 0.3) is 0 Å². The first-order valence-electron chi connectivity index (χ1n) is 17.6. The van der Waals surface area contributed by atoms with Gasteiger partial charge < -0.3 is 45.8 Å². The lowest BCUT2D eigenvalue weighted by molar-refractivity contribution is -0.199. The van der Waals surface area contributed by atoms with E-state index < -0.39 is 26.0 Å². The Morgan fingerprint density at radius 1 is 1.00 bits per heavy atom. The van der Waals surface area contributed by atoms with Gasteiger partial charge in [-0.15, -0.1) is 20.4 Å². The molecule has 9 rings (SSSR count). The van der Waals surface area contributed by atoms with Gasteiger partial charge in [0.15, 0.2) is 14.5 Å². The van der Waals surface area contributed by atoms with Crippen LogP contribution >= 0.6 is 46.2 Å². The minimum atomic E-state index is -1.32. The fourth-order valence-electron chi connectivity index (χ4n) is 8.40. The lowest BCUT2D eigenvalue weighted by atomic mass is 9.43. The van der Waals surface area contributed by atoms with Crippen LogP contribution in [-0.4, -0.2) is 88.7 Å². The summed E-state index contributed by atoms with van der Waals surface area (Å²) in [6.07, 6.45) is 3.25. The Balaban J connectivity index is 0.000000184. The van der Waals surface area contributed by atoms with Crippen molar-refractivity contribution in [3.8, 4) is 17.2 Å². The van der Waals surface area contributed by atoms with E-state index in [2.05, 4.69) is 41.2 Å². The maximum atomic E-state index is 12.1. The summed E-state index contributed by atoms with van der Waals surface area (Å²) in [7, 11) is -1.65. The number of rotatable bonds is 9. The number of fused-ring (bicyclic) bond motifs is 1. The molecule has 1 saturated heterocycles. The van der Waals surface area contributed by atoms with E-state index in [1.807, 2.05) is 13.0 Å². The standard InChI is InChI=1S/C23H30BN3O4S2.C11H10BN3O5S2/c1-11-13(6-7-15(29)19(11)12(2)28)8-18(32-21-27-26-20(25)33-21)24-30-17-10-14-9-16(22(14,3)4)23(17,5)31-24;13-10-14-15-11(22-10)21-6-3-4-1-2-5(16)7(9(17)18)8(4)20-12(6)19/h6-7,14,16-18,29H,8-10H2,1-5H3,(H2,25,26);1-2,6,16,19H,3H2,(H2,13,14)(H,17,18)/t14?,16?,17?,18-,23-;6-/m00/s1. The fraction of sp³-hybridized carbons (Fsp3) is 0.471. The molecule has 6 atom stereocenters. The average molecular weight is 827 g/mol. The van der Waals surface area contributed by atoms with Crippen molar-refractivity contribution in [1.29, 1.82) is 0 Å². The van der Waals surface area contributed by atoms with E-state index in [0.717, 1.165) is 21.9 Å². The third-order valence-corrected chi connectivity index (χ3v) is 15.5. The zero-order valence-corrected chi connectivity index (χ0v) is 33.9. The second-order valence-electron chi connectivity index (χ2n) is 14.9. The molecule has 55 heavy (non-hydrogen) atoms. The van der Waals surface area contributed by atoms with Crippen LogP contribution in [0.2, 0.25) is 0 Å². The first-order valence-corrected chi connectivity index (χ1v) is 20.9. The number of benzene rings is 2. The summed E-state index contributed by atoms with van der Waals surface area (Å²) >= 11 is 5.35. The van der Waals surface area contributed by atoms with Crippen LogP contribution in [-0.2, 0) is 22.2 Å². The van der Waals surface area contributed by atoms with Crippen molar-refractivity contribution in [2.75, 3.05) is 11.5 Å². The van der Waals surface area contributed by atoms with Crippen LogP contribution in [0.3, 0.4) is 0 Å². The monoisotopic (exact) mass is 826 g/mol. The third-order valence-electron chi connectivity index (χ3n) is 11.4. The summed E-state index contributed by atoms with van der Waals surface area (Å²) < 4.78 is 20.0. The fourth-order valence-corrected chi connectivity index (χ4v) is 12.3. The van der Waals surface area contributed by atoms with E-state index in [9.17, 15) is 24.8 Å². The van der Waals surface area contributed by atoms with Gasteiger partial charge in [-0.25, -0.2) is 4.79 Å². The number of carbonyl (C=O) groups excluding carboxylic acids is 1. The molecule has 8 N–H and O–H groups in total. The van der Waals surface area contributed by atoms with E-state index >= 15 is 0 Å². The number of carbonyl (C=O) groups is 2. The maximum Gasteiger partial charge on any atom is 0.537 e. The van der Waals surface area contributed by atoms with Gasteiger partial charge in [0.1, 0.15) is 22.8 Å². The number of carboxylic acid groups (broad SMARTS) is 1. The number of nitrogens with two attached hydrogens (primary N) is 2. The Labute approximate surface area is 334 Å². The van der Waals surface area contributed by atoms with Gasteiger partial charge in [-0.05, 0) is 92.5 Å². The number of nitrogen functional groups attached to an aromatic ring is 2. The van der Waals surface area contributed by atoms with Gasteiger partial charge in [-0.3, -0.25) is 4.79 Å². The Hall–Kier alpha value is -3.59. The highest BCUT2D eigenvalue weighted by Gasteiger charge is 2.68. The molecule has 4 fully saturated rings. The number of aromatic carboxylic acids is 1. The van der Waals surface area contributed by atoms with Gasteiger partial charge in [0.25, 0.3) is 0 Å². The largest absolute Gasteiger partial charge is 0.537 e. The Morgan fingerprint density at radius 3 is 2.27 bits per heavy atom. The van der Waals surface area contributed by atoms with Crippen molar-refractivity contribution in [3.63, 3.8) is 0 Å². The first-order chi connectivity index (χ1) is 26.0. The number of Topliss-reactive ketones (excluding diaryl/α,β-unsaturated/α-hetero) is 1. The molecule has 21 heteroatoms. The van der Waals surface area contributed by atoms with E-state index in [4.69, 9.17) is 30.5 Å². The molecule has 2 aromatic carbocycles. The second-order valence-corrected chi connectivity index (χ2v) is 19.9. The van der Waals surface area contributed by atoms with Gasteiger partial charge in [0.05, 0.1) is 27.6 Å². The summed E-state index contributed by atoms with van der Waals surface area (Å²) in [5.41, 5.74) is 13.7. The summed E-state index contributed by atoms with van der Waals surface area (Å²) in [4.78, 5) is 23.4. The Bertz CT molecular complexity index is 2140. The molecule has 15 nitrogen and oxygen atoms in total. The van der Waals surface area contributed by atoms with Crippen LogP contribution in [0, 0.1) is 24.2 Å². The minimum absolute atomic E-state index is 0.00590. The van der Waals surface area contributed by atoms with Gasteiger partial charge in [0.2, 0.25) is 10.3 Å². The smallest absolute Gasteiger partial charge is 0.534 e. The highest BCUT2D eigenvalue weighted by atomic mass is 32.2.